The molecule has 0 aliphatic rings. The van der Waals surface area contributed by atoms with Crippen molar-refractivity contribution in [3.05, 3.63) is 60.3 Å². The summed E-state index contributed by atoms with van der Waals surface area (Å²) >= 11 is 0. The first-order chi connectivity index (χ1) is 12.9. The summed E-state index contributed by atoms with van der Waals surface area (Å²) in [5.74, 6) is -0.717. The molecular weight excluding hydrogens is 363 g/mol. The minimum Gasteiger partial charge on any atom is -0.461 e. The van der Waals surface area contributed by atoms with Gasteiger partial charge >= 0.3 is 12.3 Å². The molecule has 8 heteroatoms. The second-order valence-corrected chi connectivity index (χ2v) is 5.36. The van der Waals surface area contributed by atoms with Gasteiger partial charge in [-0.25, -0.2) is 9.78 Å². The van der Waals surface area contributed by atoms with Gasteiger partial charge in [0.25, 0.3) is 0 Å². The van der Waals surface area contributed by atoms with Crippen molar-refractivity contribution >= 4 is 5.97 Å². The fourth-order valence-corrected chi connectivity index (χ4v) is 2.37. The normalized spacial score (nSPS) is 11.3. The van der Waals surface area contributed by atoms with E-state index in [1.807, 2.05) is 6.07 Å². The van der Waals surface area contributed by atoms with Crippen LogP contribution in [-0.2, 0) is 4.74 Å². The maximum absolute atomic E-state index is 12.3. The Morgan fingerprint density at radius 3 is 2.30 bits per heavy atom. The molecule has 2 aromatic carbocycles. The fourth-order valence-electron chi connectivity index (χ4n) is 2.37. The van der Waals surface area contributed by atoms with Gasteiger partial charge in [-0.1, -0.05) is 30.3 Å². The Morgan fingerprint density at radius 1 is 1.04 bits per heavy atom. The average Bonchev–Trinajstić information content (AvgIpc) is 3.07. The first kappa shape index (κ1) is 18.5. The van der Waals surface area contributed by atoms with E-state index in [0.29, 0.717) is 11.1 Å². The zero-order chi connectivity index (χ0) is 19.4. The van der Waals surface area contributed by atoms with Gasteiger partial charge in [-0.15, -0.1) is 13.2 Å². The standard InChI is InChI=1S/C19H14F3NO4/c1-2-25-18(24)15-16(12-6-4-3-5-7-12)26-17(23-15)13-8-10-14(11-9-13)27-19(20,21)22/h3-11H,2H2,1H3. The van der Waals surface area contributed by atoms with Crippen molar-refractivity contribution in [1.29, 1.82) is 0 Å². The number of halogens is 3. The molecule has 0 N–H and O–H groups in total. The van der Waals surface area contributed by atoms with Gasteiger partial charge < -0.3 is 13.9 Å². The number of aromatic nitrogens is 1. The Kier molecular flexibility index (Phi) is 5.16. The predicted molar refractivity (Wildman–Crippen MR) is 90.0 cm³/mol. The first-order valence-electron chi connectivity index (χ1n) is 7.97. The minimum atomic E-state index is -4.78. The highest BCUT2D eigenvalue weighted by Crippen LogP contribution is 2.32. The van der Waals surface area contributed by atoms with Crippen LogP contribution in [-0.4, -0.2) is 23.9 Å². The molecule has 0 saturated carbocycles. The Bertz CT molecular complexity index is 918. The number of benzene rings is 2. The lowest BCUT2D eigenvalue weighted by Gasteiger charge is -2.08. The summed E-state index contributed by atoms with van der Waals surface area (Å²) in [6.07, 6.45) is -4.78. The molecule has 0 bridgehead atoms. The highest BCUT2D eigenvalue weighted by atomic mass is 19.4. The maximum Gasteiger partial charge on any atom is 0.573 e. The number of oxazole rings is 1. The molecule has 3 aromatic rings. The molecule has 0 atom stereocenters. The number of hydrogen-bond acceptors (Lipinski definition) is 5. The van der Waals surface area contributed by atoms with Gasteiger partial charge in [-0.3, -0.25) is 0 Å². The number of rotatable bonds is 5. The van der Waals surface area contributed by atoms with Gasteiger partial charge in [0.1, 0.15) is 5.75 Å². The topological polar surface area (TPSA) is 61.6 Å². The monoisotopic (exact) mass is 377 g/mol. The zero-order valence-corrected chi connectivity index (χ0v) is 14.1. The molecule has 0 spiro atoms. The molecule has 0 fully saturated rings. The van der Waals surface area contributed by atoms with Gasteiger partial charge in [0.05, 0.1) is 6.61 Å². The van der Waals surface area contributed by atoms with Crippen molar-refractivity contribution < 1.29 is 31.9 Å². The molecular formula is C19H14F3NO4. The smallest absolute Gasteiger partial charge is 0.461 e. The maximum atomic E-state index is 12.3. The third-order valence-corrected chi connectivity index (χ3v) is 3.47. The lowest BCUT2D eigenvalue weighted by atomic mass is 10.1. The fraction of sp³-hybridized carbons (Fsp3) is 0.158. The van der Waals surface area contributed by atoms with Crippen LogP contribution in [0.3, 0.4) is 0 Å². The van der Waals surface area contributed by atoms with E-state index in [2.05, 4.69) is 9.72 Å². The van der Waals surface area contributed by atoms with Crippen LogP contribution in [0.4, 0.5) is 13.2 Å². The van der Waals surface area contributed by atoms with Crippen LogP contribution in [0, 0.1) is 0 Å². The summed E-state index contributed by atoms with van der Waals surface area (Å²) in [7, 11) is 0. The largest absolute Gasteiger partial charge is 0.573 e. The SMILES string of the molecule is CCOC(=O)c1nc(-c2ccc(OC(F)(F)F)cc2)oc1-c1ccccc1. The highest BCUT2D eigenvalue weighted by molar-refractivity contribution is 5.94. The van der Waals surface area contributed by atoms with E-state index in [1.165, 1.54) is 12.1 Å². The lowest BCUT2D eigenvalue weighted by molar-refractivity contribution is -0.274. The second-order valence-electron chi connectivity index (χ2n) is 5.36. The Balaban J connectivity index is 1.98. The number of alkyl halides is 3. The van der Waals surface area contributed by atoms with E-state index in [0.717, 1.165) is 12.1 Å². The molecule has 0 aliphatic carbocycles. The Hall–Kier alpha value is -3.29. The van der Waals surface area contributed by atoms with Crippen molar-refractivity contribution in [2.45, 2.75) is 13.3 Å². The molecule has 0 aliphatic heterocycles. The zero-order valence-electron chi connectivity index (χ0n) is 14.1. The highest BCUT2D eigenvalue weighted by Gasteiger charge is 2.31. The van der Waals surface area contributed by atoms with E-state index in [4.69, 9.17) is 9.15 Å². The Morgan fingerprint density at radius 2 is 1.70 bits per heavy atom. The second kappa shape index (κ2) is 7.53. The van der Waals surface area contributed by atoms with Crippen molar-refractivity contribution in [2.75, 3.05) is 6.61 Å². The van der Waals surface area contributed by atoms with Crippen molar-refractivity contribution in [2.24, 2.45) is 0 Å². The summed E-state index contributed by atoms with van der Waals surface area (Å²) in [6.45, 7) is 1.83. The van der Waals surface area contributed by atoms with Crippen LogP contribution in [0.2, 0.25) is 0 Å². The Labute approximate surface area is 152 Å². The average molecular weight is 377 g/mol. The van der Waals surface area contributed by atoms with E-state index in [1.54, 1.807) is 31.2 Å². The molecule has 1 aromatic heterocycles. The van der Waals surface area contributed by atoms with Crippen molar-refractivity contribution in [1.82, 2.24) is 4.98 Å². The number of esters is 1. The molecule has 0 unspecified atom stereocenters. The van der Waals surface area contributed by atoms with Gasteiger partial charge in [0, 0.05) is 11.1 Å². The third kappa shape index (κ3) is 4.46. The van der Waals surface area contributed by atoms with Crippen LogP contribution in [0.5, 0.6) is 5.75 Å². The van der Waals surface area contributed by atoms with Gasteiger partial charge in [0.15, 0.2) is 11.5 Å². The molecule has 1 heterocycles. The van der Waals surface area contributed by atoms with E-state index < -0.39 is 12.3 Å². The van der Waals surface area contributed by atoms with E-state index >= 15 is 0 Å². The number of carbonyl (C=O) groups excluding carboxylic acids is 1. The summed E-state index contributed by atoms with van der Waals surface area (Å²) in [5.41, 5.74) is 1.00. The quantitative estimate of drug-likeness (QED) is 0.580. The van der Waals surface area contributed by atoms with Gasteiger partial charge in [0.2, 0.25) is 5.89 Å². The first-order valence-corrected chi connectivity index (χ1v) is 7.97. The minimum absolute atomic E-state index is 0.00586. The van der Waals surface area contributed by atoms with E-state index in [9.17, 15) is 18.0 Å². The molecule has 140 valence electrons. The van der Waals surface area contributed by atoms with Crippen LogP contribution < -0.4 is 4.74 Å². The van der Waals surface area contributed by atoms with Gasteiger partial charge in [-0.05, 0) is 31.2 Å². The van der Waals surface area contributed by atoms with Crippen LogP contribution in [0.25, 0.3) is 22.8 Å². The molecule has 0 amide bonds. The summed E-state index contributed by atoms with van der Waals surface area (Å²) in [4.78, 5) is 16.4. The molecule has 27 heavy (non-hydrogen) atoms. The van der Waals surface area contributed by atoms with Crippen molar-refractivity contribution in [3.8, 4) is 28.5 Å². The number of carbonyl (C=O) groups is 1. The molecule has 3 rings (SSSR count). The molecule has 5 nitrogen and oxygen atoms in total. The summed E-state index contributed by atoms with van der Waals surface area (Å²) in [6, 6.07) is 13.8. The predicted octanol–water partition coefficient (Wildman–Crippen LogP) is 5.08. The molecule has 0 saturated heterocycles. The number of hydrogen-bond donors (Lipinski definition) is 0. The van der Waals surface area contributed by atoms with Crippen LogP contribution >= 0.6 is 0 Å². The lowest BCUT2D eigenvalue weighted by Crippen LogP contribution is -2.16. The van der Waals surface area contributed by atoms with Crippen LogP contribution in [0.1, 0.15) is 17.4 Å². The van der Waals surface area contributed by atoms with Gasteiger partial charge in [-0.2, -0.15) is 0 Å². The number of nitrogens with zero attached hydrogens (tertiary/aromatic N) is 1. The number of ether oxygens (including phenoxy) is 2. The summed E-state index contributed by atoms with van der Waals surface area (Å²) in [5, 5.41) is 0. The third-order valence-electron chi connectivity index (χ3n) is 3.47. The summed E-state index contributed by atoms with van der Waals surface area (Å²) < 4.78 is 51.4. The van der Waals surface area contributed by atoms with E-state index in [-0.39, 0.29) is 29.7 Å². The van der Waals surface area contributed by atoms with Crippen LogP contribution in [0.15, 0.2) is 59.0 Å². The molecule has 0 radical (unpaired) electrons. The van der Waals surface area contributed by atoms with Crippen molar-refractivity contribution in [3.63, 3.8) is 0 Å².